The normalized spacial score (nSPS) is 15.0. The van der Waals surface area contributed by atoms with Crippen LogP contribution in [0.5, 0.6) is 5.75 Å². The first-order valence-corrected chi connectivity index (χ1v) is 12.4. The molecule has 1 aliphatic carbocycles. The van der Waals surface area contributed by atoms with Crippen molar-refractivity contribution >= 4 is 22.6 Å². The topological polar surface area (TPSA) is 58.6 Å². The van der Waals surface area contributed by atoms with Crippen LogP contribution in [-0.2, 0) is 16.1 Å². The van der Waals surface area contributed by atoms with Crippen molar-refractivity contribution in [3.63, 3.8) is 0 Å². The van der Waals surface area contributed by atoms with E-state index in [1.54, 1.807) is 4.90 Å². The first-order valence-electron chi connectivity index (χ1n) is 12.4. The van der Waals surface area contributed by atoms with Crippen molar-refractivity contribution in [3.8, 4) is 5.75 Å². The molecule has 1 fully saturated rings. The molecule has 3 aromatic carbocycles. The molecule has 0 saturated heterocycles. The fourth-order valence-electron chi connectivity index (χ4n) is 4.79. The lowest BCUT2D eigenvalue weighted by Crippen LogP contribution is -2.52. The van der Waals surface area contributed by atoms with Crippen molar-refractivity contribution in [2.24, 2.45) is 0 Å². The van der Waals surface area contributed by atoms with Crippen molar-refractivity contribution in [2.75, 3.05) is 6.61 Å². The van der Waals surface area contributed by atoms with Crippen molar-refractivity contribution in [2.45, 2.75) is 64.1 Å². The Hall–Kier alpha value is -3.34. The lowest BCUT2D eigenvalue weighted by atomic mass is 9.95. The van der Waals surface area contributed by atoms with Gasteiger partial charge in [-0.25, -0.2) is 0 Å². The van der Waals surface area contributed by atoms with E-state index in [4.69, 9.17) is 4.74 Å². The first kappa shape index (κ1) is 23.8. The van der Waals surface area contributed by atoms with Crippen molar-refractivity contribution < 1.29 is 14.3 Å². The molecule has 0 radical (unpaired) electrons. The van der Waals surface area contributed by atoms with E-state index in [9.17, 15) is 9.59 Å². The van der Waals surface area contributed by atoms with Gasteiger partial charge in [-0.1, -0.05) is 92.9 Å². The third-order valence-electron chi connectivity index (χ3n) is 6.63. The molecule has 2 amide bonds. The van der Waals surface area contributed by atoms with Gasteiger partial charge in [0.25, 0.3) is 5.91 Å². The van der Waals surface area contributed by atoms with Gasteiger partial charge in [0.05, 0.1) is 0 Å². The van der Waals surface area contributed by atoms with Gasteiger partial charge in [-0.15, -0.1) is 0 Å². The van der Waals surface area contributed by atoms with Crippen LogP contribution in [-0.4, -0.2) is 35.4 Å². The van der Waals surface area contributed by atoms with Crippen molar-refractivity contribution in [1.82, 2.24) is 10.2 Å². The van der Waals surface area contributed by atoms with Crippen LogP contribution in [0, 0.1) is 0 Å². The van der Waals surface area contributed by atoms with E-state index in [2.05, 4.69) is 5.32 Å². The molecule has 4 rings (SSSR count). The molecule has 1 saturated carbocycles. The minimum atomic E-state index is -0.536. The second kappa shape index (κ2) is 11.7. The van der Waals surface area contributed by atoms with E-state index in [1.165, 1.54) is 6.42 Å². The Labute approximate surface area is 202 Å². The van der Waals surface area contributed by atoms with Gasteiger partial charge in [-0.2, -0.15) is 0 Å². The molecular formula is C29H34N2O3. The number of carbonyl (C=O) groups is 2. The highest BCUT2D eigenvalue weighted by molar-refractivity contribution is 5.90. The molecule has 3 aromatic rings. The highest BCUT2D eigenvalue weighted by Gasteiger charge is 2.30. The summed E-state index contributed by atoms with van der Waals surface area (Å²) in [5, 5.41) is 5.24. The molecule has 1 N–H and O–H groups in total. The molecule has 178 valence electrons. The van der Waals surface area contributed by atoms with Gasteiger partial charge in [0.15, 0.2) is 6.61 Å². The zero-order chi connectivity index (χ0) is 23.8. The summed E-state index contributed by atoms with van der Waals surface area (Å²) in [5.41, 5.74) is 0.991. The van der Waals surface area contributed by atoms with E-state index < -0.39 is 6.04 Å². The zero-order valence-electron chi connectivity index (χ0n) is 19.9. The van der Waals surface area contributed by atoms with Gasteiger partial charge in [-0.3, -0.25) is 9.59 Å². The number of hydrogen-bond donors (Lipinski definition) is 1. The van der Waals surface area contributed by atoms with Gasteiger partial charge in [0.2, 0.25) is 5.91 Å². The average Bonchev–Trinajstić information content (AvgIpc) is 2.88. The predicted molar refractivity (Wildman–Crippen MR) is 136 cm³/mol. The summed E-state index contributed by atoms with van der Waals surface area (Å²) in [4.78, 5) is 28.4. The summed E-state index contributed by atoms with van der Waals surface area (Å²) in [7, 11) is 0. The van der Waals surface area contributed by atoms with Gasteiger partial charge >= 0.3 is 0 Å². The minimum absolute atomic E-state index is 0.0659. The number of amides is 2. The number of nitrogens with zero attached hydrogens (tertiary/aromatic N) is 1. The Bertz CT molecular complexity index is 1090. The van der Waals surface area contributed by atoms with Crippen LogP contribution in [0.3, 0.4) is 0 Å². The van der Waals surface area contributed by atoms with E-state index in [0.717, 1.165) is 42.0 Å². The highest BCUT2D eigenvalue weighted by Crippen LogP contribution is 2.25. The number of hydrogen-bond acceptors (Lipinski definition) is 3. The summed E-state index contributed by atoms with van der Waals surface area (Å²) < 4.78 is 6.00. The van der Waals surface area contributed by atoms with E-state index >= 15 is 0 Å². The van der Waals surface area contributed by atoms with Crippen molar-refractivity contribution in [1.29, 1.82) is 0 Å². The maximum atomic E-state index is 13.5. The van der Waals surface area contributed by atoms with Gasteiger partial charge in [0.1, 0.15) is 11.8 Å². The van der Waals surface area contributed by atoms with E-state index in [0.29, 0.717) is 18.7 Å². The van der Waals surface area contributed by atoms with Crippen LogP contribution in [0.2, 0.25) is 0 Å². The van der Waals surface area contributed by atoms with E-state index in [-0.39, 0.29) is 24.5 Å². The summed E-state index contributed by atoms with van der Waals surface area (Å²) in [6.45, 7) is 2.21. The molecule has 0 bridgehead atoms. The molecule has 0 spiro atoms. The third-order valence-corrected chi connectivity index (χ3v) is 6.63. The van der Waals surface area contributed by atoms with Crippen LogP contribution in [0.4, 0.5) is 0 Å². The fraction of sp³-hybridized carbons (Fsp3) is 0.379. The standard InChI is InChI=1S/C29H34N2O3/c1-2-26(29(33)30-24-16-7-4-8-17-24)31(20-22-12-5-3-6-13-22)28(32)21-34-27-19-11-15-23-14-9-10-18-25(23)27/h3,5-6,9-15,18-19,24,26H,2,4,7-8,16-17,20-21H2,1H3,(H,30,33)/t26-/m0/s1. The zero-order valence-corrected chi connectivity index (χ0v) is 19.9. The maximum absolute atomic E-state index is 13.5. The van der Waals surface area contributed by atoms with Crippen LogP contribution >= 0.6 is 0 Å². The van der Waals surface area contributed by atoms with Crippen LogP contribution in [0.25, 0.3) is 10.8 Å². The molecule has 5 heteroatoms. The summed E-state index contributed by atoms with van der Waals surface area (Å²) in [6.07, 6.45) is 6.09. The number of benzene rings is 3. The summed E-state index contributed by atoms with van der Waals surface area (Å²) in [6, 6.07) is 23.3. The number of nitrogens with one attached hydrogen (secondary N) is 1. The van der Waals surface area contributed by atoms with Crippen LogP contribution in [0.15, 0.2) is 72.8 Å². The Morgan fingerprint density at radius 2 is 1.65 bits per heavy atom. The Balaban J connectivity index is 1.51. The van der Waals surface area contributed by atoms with Crippen LogP contribution in [0.1, 0.15) is 51.0 Å². The van der Waals surface area contributed by atoms with Crippen LogP contribution < -0.4 is 10.1 Å². The Morgan fingerprint density at radius 1 is 0.941 bits per heavy atom. The quantitative estimate of drug-likeness (QED) is 0.462. The molecule has 0 unspecified atom stereocenters. The number of rotatable bonds is 9. The Kier molecular flexibility index (Phi) is 8.18. The number of fused-ring (bicyclic) bond motifs is 1. The lowest BCUT2D eigenvalue weighted by molar-refractivity contribution is -0.143. The average molecular weight is 459 g/mol. The van der Waals surface area contributed by atoms with Gasteiger partial charge < -0.3 is 15.0 Å². The molecule has 1 aliphatic rings. The third kappa shape index (κ3) is 5.96. The second-order valence-electron chi connectivity index (χ2n) is 9.04. The maximum Gasteiger partial charge on any atom is 0.261 e. The van der Waals surface area contributed by atoms with Crippen molar-refractivity contribution in [3.05, 3.63) is 78.4 Å². The second-order valence-corrected chi connectivity index (χ2v) is 9.04. The summed E-state index contributed by atoms with van der Waals surface area (Å²) >= 11 is 0. The first-order chi connectivity index (χ1) is 16.7. The van der Waals surface area contributed by atoms with Gasteiger partial charge in [0, 0.05) is 18.0 Å². The van der Waals surface area contributed by atoms with Gasteiger partial charge in [-0.05, 0) is 36.3 Å². The largest absolute Gasteiger partial charge is 0.483 e. The molecule has 0 aliphatic heterocycles. The smallest absolute Gasteiger partial charge is 0.261 e. The number of ether oxygens (including phenoxy) is 1. The summed E-state index contributed by atoms with van der Waals surface area (Å²) in [5.74, 6) is 0.414. The predicted octanol–water partition coefficient (Wildman–Crippen LogP) is 5.47. The van der Waals surface area contributed by atoms with E-state index in [1.807, 2.05) is 79.7 Å². The SMILES string of the molecule is CC[C@@H](C(=O)NC1CCCCC1)N(Cc1ccccc1)C(=O)COc1cccc2ccccc12. The monoisotopic (exact) mass is 458 g/mol. The molecule has 0 heterocycles. The number of carbonyl (C=O) groups excluding carboxylic acids is 2. The fourth-order valence-corrected chi connectivity index (χ4v) is 4.79. The molecule has 34 heavy (non-hydrogen) atoms. The Morgan fingerprint density at radius 3 is 2.41 bits per heavy atom. The minimum Gasteiger partial charge on any atom is -0.483 e. The highest BCUT2D eigenvalue weighted by atomic mass is 16.5. The molecule has 0 aromatic heterocycles. The molecular weight excluding hydrogens is 424 g/mol. The molecule has 5 nitrogen and oxygen atoms in total. The molecule has 1 atom stereocenters. The lowest BCUT2D eigenvalue weighted by Gasteiger charge is -2.32.